The Morgan fingerprint density at radius 2 is 1.74 bits per heavy atom. The first-order valence-electron chi connectivity index (χ1n) is 11.9. The van der Waals surface area contributed by atoms with Gasteiger partial charge in [0.15, 0.2) is 0 Å². The van der Waals surface area contributed by atoms with Gasteiger partial charge < -0.3 is 14.8 Å². The van der Waals surface area contributed by atoms with E-state index in [-0.39, 0.29) is 12.6 Å². The van der Waals surface area contributed by atoms with Crippen LogP contribution in [0.4, 0.5) is 5.95 Å². The van der Waals surface area contributed by atoms with Gasteiger partial charge in [-0.3, -0.25) is 4.57 Å². The number of carbonyl (C=O) groups is 1. The third-order valence-corrected chi connectivity index (χ3v) is 6.43. The maximum atomic E-state index is 13.6. The van der Waals surface area contributed by atoms with E-state index < -0.39 is 6.04 Å². The zero-order valence-electron chi connectivity index (χ0n) is 20.4. The van der Waals surface area contributed by atoms with Crippen LogP contribution in [0.25, 0.3) is 16.7 Å². The predicted molar refractivity (Wildman–Crippen MR) is 139 cm³/mol. The summed E-state index contributed by atoms with van der Waals surface area (Å²) < 4.78 is 13.0. The highest BCUT2D eigenvalue weighted by molar-refractivity contribution is 6.03. The minimum atomic E-state index is -0.406. The molecular weight excluding hydrogens is 438 g/mol. The molecule has 6 nitrogen and oxygen atoms in total. The first-order chi connectivity index (χ1) is 17.0. The number of para-hydroxylation sites is 2. The number of fused-ring (bicyclic) bond motifs is 3. The molecule has 178 valence electrons. The Morgan fingerprint density at radius 3 is 2.40 bits per heavy atom. The van der Waals surface area contributed by atoms with Gasteiger partial charge in [-0.2, -0.15) is 0 Å². The van der Waals surface area contributed by atoms with Crippen LogP contribution in [0.2, 0.25) is 0 Å². The minimum absolute atomic E-state index is 0.286. The summed E-state index contributed by atoms with van der Waals surface area (Å²) in [5.74, 6) is 1.49. The fraction of sp³-hybridized carbons (Fsp3) is 0.241. The monoisotopic (exact) mass is 467 g/mol. The maximum absolute atomic E-state index is 13.6. The molecule has 5 rings (SSSR count). The van der Waals surface area contributed by atoms with E-state index in [9.17, 15) is 4.79 Å². The second-order valence-electron chi connectivity index (χ2n) is 8.88. The van der Waals surface area contributed by atoms with Crippen LogP contribution in [0, 0.1) is 0 Å². The molecule has 6 heteroatoms. The van der Waals surface area contributed by atoms with E-state index in [1.807, 2.05) is 55.5 Å². The third kappa shape index (κ3) is 4.05. The largest absolute Gasteiger partial charge is 0.497 e. The first kappa shape index (κ1) is 22.7. The summed E-state index contributed by atoms with van der Waals surface area (Å²) >= 11 is 0. The zero-order chi connectivity index (χ0) is 24.5. The molecule has 1 unspecified atom stereocenters. The number of imidazole rings is 1. The van der Waals surface area contributed by atoms with Crippen molar-refractivity contribution in [1.29, 1.82) is 0 Å². The molecule has 0 saturated carbocycles. The molecule has 0 aliphatic carbocycles. The molecule has 0 radical (unpaired) electrons. The summed E-state index contributed by atoms with van der Waals surface area (Å²) in [6.07, 6.45) is 0. The van der Waals surface area contributed by atoms with Crippen LogP contribution >= 0.6 is 0 Å². The fourth-order valence-electron chi connectivity index (χ4n) is 4.63. The standard InChI is InChI=1S/C29H29N3O3/c1-5-35-28(33)25-26(20-14-16-22(34-4)17-15-20)31-29-30-23-8-6-7-9-24(23)32(29)27(25)21-12-10-19(11-13-21)18(2)3/h6-18,27H,5H2,1-4H3,(H,30,31). The van der Waals surface area contributed by atoms with Crippen molar-refractivity contribution in [2.45, 2.75) is 32.7 Å². The average molecular weight is 468 g/mol. The number of ether oxygens (including phenoxy) is 2. The van der Waals surface area contributed by atoms with Crippen molar-refractivity contribution in [3.63, 3.8) is 0 Å². The van der Waals surface area contributed by atoms with Crippen molar-refractivity contribution in [1.82, 2.24) is 9.55 Å². The summed E-state index contributed by atoms with van der Waals surface area (Å²) in [6, 6.07) is 23.7. The lowest BCUT2D eigenvalue weighted by Gasteiger charge is -2.31. The molecule has 2 heterocycles. The van der Waals surface area contributed by atoms with E-state index in [4.69, 9.17) is 14.5 Å². The number of anilines is 1. The highest BCUT2D eigenvalue weighted by Crippen LogP contribution is 2.42. The number of hydrogen-bond donors (Lipinski definition) is 1. The van der Waals surface area contributed by atoms with E-state index in [2.05, 4.69) is 48.0 Å². The topological polar surface area (TPSA) is 65.4 Å². The molecule has 0 amide bonds. The number of methoxy groups -OCH3 is 1. The molecule has 0 bridgehead atoms. The molecule has 1 N–H and O–H groups in total. The Hall–Kier alpha value is -4.06. The van der Waals surface area contributed by atoms with E-state index >= 15 is 0 Å². The average Bonchev–Trinajstić information content (AvgIpc) is 3.26. The van der Waals surface area contributed by atoms with Gasteiger partial charge in [0.1, 0.15) is 5.75 Å². The van der Waals surface area contributed by atoms with E-state index in [0.717, 1.165) is 27.9 Å². The number of benzene rings is 3. The van der Waals surface area contributed by atoms with Crippen molar-refractivity contribution < 1.29 is 14.3 Å². The number of nitrogens with one attached hydrogen (secondary N) is 1. The number of hydrogen-bond acceptors (Lipinski definition) is 5. The van der Waals surface area contributed by atoms with Crippen molar-refractivity contribution in [3.8, 4) is 5.75 Å². The highest BCUT2D eigenvalue weighted by atomic mass is 16.5. The van der Waals surface area contributed by atoms with Gasteiger partial charge in [0.25, 0.3) is 0 Å². The van der Waals surface area contributed by atoms with Gasteiger partial charge in [0.05, 0.1) is 42.1 Å². The second-order valence-corrected chi connectivity index (χ2v) is 8.88. The quantitative estimate of drug-likeness (QED) is 0.344. The Labute approximate surface area is 205 Å². The number of rotatable bonds is 6. The smallest absolute Gasteiger partial charge is 0.338 e. The molecule has 1 atom stereocenters. The molecule has 35 heavy (non-hydrogen) atoms. The van der Waals surface area contributed by atoms with Gasteiger partial charge >= 0.3 is 5.97 Å². The number of esters is 1. The Balaban J connectivity index is 1.78. The molecule has 4 aromatic rings. The summed E-state index contributed by atoms with van der Waals surface area (Å²) in [4.78, 5) is 18.4. The molecule has 3 aromatic carbocycles. The van der Waals surface area contributed by atoms with Gasteiger partial charge in [0, 0.05) is 0 Å². The predicted octanol–water partition coefficient (Wildman–Crippen LogP) is 6.16. The minimum Gasteiger partial charge on any atom is -0.497 e. The highest BCUT2D eigenvalue weighted by Gasteiger charge is 2.36. The normalized spacial score (nSPS) is 15.2. The summed E-state index contributed by atoms with van der Waals surface area (Å²) in [5.41, 5.74) is 6.14. The van der Waals surface area contributed by atoms with Crippen LogP contribution in [0.3, 0.4) is 0 Å². The third-order valence-electron chi connectivity index (χ3n) is 6.43. The number of carbonyl (C=O) groups excluding carboxylic acids is 1. The van der Waals surface area contributed by atoms with E-state index in [1.165, 1.54) is 5.56 Å². The van der Waals surface area contributed by atoms with Crippen LogP contribution in [-0.2, 0) is 9.53 Å². The SMILES string of the molecule is CCOC(=O)C1=C(c2ccc(OC)cc2)Nc2nc3ccccc3n2C1c1ccc(C(C)C)cc1. The molecule has 1 aromatic heterocycles. The lowest BCUT2D eigenvalue weighted by Crippen LogP contribution is -2.29. The number of aromatic nitrogens is 2. The van der Waals surface area contributed by atoms with Crippen LogP contribution in [0.1, 0.15) is 49.4 Å². The molecule has 0 fully saturated rings. The van der Waals surface area contributed by atoms with Gasteiger partial charge in [-0.1, -0.05) is 50.2 Å². The van der Waals surface area contributed by atoms with Gasteiger partial charge in [-0.25, -0.2) is 9.78 Å². The van der Waals surface area contributed by atoms with Crippen molar-refractivity contribution in [2.24, 2.45) is 0 Å². The Bertz CT molecular complexity index is 1400. The first-order valence-corrected chi connectivity index (χ1v) is 11.9. The maximum Gasteiger partial charge on any atom is 0.338 e. The summed E-state index contributed by atoms with van der Waals surface area (Å²) in [6.45, 7) is 6.46. The van der Waals surface area contributed by atoms with E-state index in [0.29, 0.717) is 23.1 Å². The van der Waals surface area contributed by atoms with Crippen molar-refractivity contribution in [3.05, 3.63) is 95.1 Å². The zero-order valence-corrected chi connectivity index (χ0v) is 20.4. The Morgan fingerprint density at radius 1 is 1.03 bits per heavy atom. The van der Waals surface area contributed by atoms with Gasteiger partial charge in [-0.05, 0) is 65.9 Å². The van der Waals surface area contributed by atoms with E-state index in [1.54, 1.807) is 7.11 Å². The van der Waals surface area contributed by atoms with Crippen LogP contribution < -0.4 is 10.1 Å². The lowest BCUT2D eigenvalue weighted by molar-refractivity contribution is -0.138. The van der Waals surface area contributed by atoms with Crippen molar-refractivity contribution >= 4 is 28.6 Å². The Kier molecular flexibility index (Phi) is 6.03. The van der Waals surface area contributed by atoms with Crippen molar-refractivity contribution in [2.75, 3.05) is 19.0 Å². The molecule has 0 spiro atoms. The van der Waals surface area contributed by atoms with Crippen LogP contribution in [0.5, 0.6) is 5.75 Å². The lowest BCUT2D eigenvalue weighted by atomic mass is 9.91. The van der Waals surface area contributed by atoms with Crippen LogP contribution in [0.15, 0.2) is 78.4 Å². The van der Waals surface area contributed by atoms with Crippen LogP contribution in [-0.4, -0.2) is 29.2 Å². The summed E-state index contributed by atoms with van der Waals surface area (Å²) in [7, 11) is 1.64. The van der Waals surface area contributed by atoms with Gasteiger partial charge in [0.2, 0.25) is 5.95 Å². The fourth-order valence-corrected chi connectivity index (χ4v) is 4.63. The molecule has 1 aliphatic rings. The van der Waals surface area contributed by atoms with Gasteiger partial charge in [-0.15, -0.1) is 0 Å². The molecule has 1 aliphatic heterocycles. The molecule has 0 saturated heterocycles. The molecular formula is C29H29N3O3. The summed E-state index contributed by atoms with van der Waals surface area (Å²) in [5, 5.41) is 3.45. The second kappa shape index (κ2) is 9.29. The number of nitrogens with zero attached hydrogens (tertiary/aromatic N) is 2.